The molecule has 1 aromatic carbocycles. The summed E-state index contributed by atoms with van der Waals surface area (Å²) in [6.07, 6.45) is 0.761. The molecule has 0 amide bonds. The Labute approximate surface area is 123 Å². The summed E-state index contributed by atoms with van der Waals surface area (Å²) in [5, 5.41) is 0. The molecule has 0 fully saturated rings. The summed E-state index contributed by atoms with van der Waals surface area (Å²) in [6.45, 7) is 2.18. The van der Waals surface area contributed by atoms with Crippen LogP contribution in [0.4, 0.5) is 0 Å². The van der Waals surface area contributed by atoms with E-state index >= 15 is 0 Å². The van der Waals surface area contributed by atoms with E-state index < -0.39 is 10.1 Å². The summed E-state index contributed by atoms with van der Waals surface area (Å²) in [5.41, 5.74) is 0. The Bertz CT molecular complexity index is 497. The van der Waals surface area contributed by atoms with Crippen molar-refractivity contribution < 1.29 is 47.3 Å². The van der Waals surface area contributed by atoms with E-state index in [0.29, 0.717) is 5.75 Å². The molecule has 0 saturated heterocycles. The van der Waals surface area contributed by atoms with Crippen LogP contribution in [0.3, 0.4) is 0 Å². The second-order valence-corrected chi connectivity index (χ2v) is 4.30. The van der Waals surface area contributed by atoms with Crippen molar-refractivity contribution in [1.82, 2.24) is 0 Å². The van der Waals surface area contributed by atoms with Crippen LogP contribution >= 0.6 is 0 Å². The van der Waals surface area contributed by atoms with Crippen molar-refractivity contribution >= 4 is 10.1 Å². The molecule has 17 heavy (non-hydrogen) atoms. The predicted octanol–water partition coefficient (Wildman–Crippen LogP) is -1.61. The summed E-state index contributed by atoms with van der Waals surface area (Å²) < 4.78 is 37.1. The van der Waals surface area contributed by atoms with Crippen LogP contribution < -0.4 is 34.3 Å². The smallest absolute Gasteiger partial charge is 0.744 e. The molecule has 0 unspecified atom stereocenters. The van der Waals surface area contributed by atoms with Crippen LogP contribution in [0.15, 0.2) is 29.2 Å². The minimum atomic E-state index is -4.38. The Morgan fingerprint density at radius 2 is 1.82 bits per heavy atom. The van der Waals surface area contributed by atoms with Crippen LogP contribution in [0.1, 0.15) is 13.3 Å². The summed E-state index contributed by atoms with van der Waals surface area (Å²) in [4.78, 5) is -0.264. The van der Waals surface area contributed by atoms with Crippen LogP contribution in [-0.4, -0.2) is 19.6 Å². The third-order valence-electron chi connectivity index (χ3n) is 1.73. The molecule has 6 heteroatoms. The van der Waals surface area contributed by atoms with E-state index in [1.54, 1.807) is 0 Å². The van der Waals surface area contributed by atoms with Gasteiger partial charge in [-0.05, 0) is 24.3 Å². The second kappa shape index (κ2) is 7.75. The molecule has 1 aromatic rings. The van der Waals surface area contributed by atoms with Gasteiger partial charge in [-0.15, -0.1) is 5.92 Å². The Kier molecular flexibility index (Phi) is 7.51. The number of hydrogen-bond acceptors (Lipinski definition) is 4. The van der Waals surface area contributed by atoms with Crippen molar-refractivity contribution in [3.63, 3.8) is 0 Å². The van der Waals surface area contributed by atoms with Crippen molar-refractivity contribution in [2.75, 3.05) is 6.61 Å². The zero-order valence-corrected chi connectivity index (χ0v) is 12.6. The molecule has 1 rings (SSSR count). The van der Waals surface area contributed by atoms with Gasteiger partial charge in [0.1, 0.15) is 22.5 Å². The molecule has 0 aromatic heterocycles. The van der Waals surface area contributed by atoms with E-state index in [9.17, 15) is 13.0 Å². The van der Waals surface area contributed by atoms with Gasteiger partial charge in [-0.1, -0.05) is 12.8 Å². The normalized spacial score (nSPS) is 9.76. The van der Waals surface area contributed by atoms with Crippen molar-refractivity contribution in [3.8, 4) is 17.6 Å². The molecule has 0 bridgehead atoms. The zero-order valence-electron chi connectivity index (χ0n) is 9.76. The summed E-state index contributed by atoms with van der Waals surface area (Å²) >= 11 is 0. The molecule has 0 radical (unpaired) electrons. The topological polar surface area (TPSA) is 66.4 Å². The monoisotopic (exact) mass is 262 g/mol. The molecule has 0 aliphatic carbocycles. The van der Waals surface area contributed by atoms with Crippen LogP contribution in [0.2, 0.25) is 0 Å². The molecule has 0 saturated carbocycles. The van der Waals surface area contributed by atoms with Crippen molar-refractivity contribution in [2.24, 2.45) is 0 Å². The van der Waals surface area contributed by atoms with Gasteiger partial charge in [-0.25, -0.2) is 8.42 Å². The molecule has 0 heterocycles. The Morgan fingerprint density at radius 3 is 2.29 bits per heavy atom. The van der Waals surface area contributed by atoms with Crippen molar-refractivity contribution in [3.05, 3.63) is 24.3 Å². The van der Waals surface area contributed by atoms with Gasteiger partial charge in [0.15, 0.2) is 0 Å². The fourth-order valence-corrected chi connectivity index (χ4v) is 1.47. The quantitative estimate of drug-likeness (QED) is 0.373. The van der Waals surface area contributed by atoms with E-state index in [-0.39, 0.29) is 41.1 Å². The van der Waals surface area contributed by atoms with Gasteiger partial charge < -0.3 is 9.29 Å². The third kappa shape index (κ3) is 6.10. The molecule has 0 spiro atoms. The van der Waals surface area contributed by atoms with Gasteiger partial charge in [0, 0.05) is 6.42 Å². The maximum Gasteiger partial charge on any atom is 1.00 e. The number of rotatable bonds is 3. The zero-order chi connectivity index (χ0) is 12.0. The number of benzene rings is 1. The van der Waals surface area contributed by atoms with Crippen molar-refractivity contribution in [1.29, 1.82) is 0 Å². The molecule has 0 aliphatic heterocycles. The standard InChI is InChI=1S/C11H12O4S.Na/c1-2-3-4-9-15-10-5-7-11(8-6-10)16(12,13)14;/h5-8H,2,9H2,1H3,(H,12,13,14);/q;+1/p-1. The average molecular weight is 262 g/mol. The number of hydrogen-bond donors (Lipinski definition) is 0. The van der Waals surface area contributed by atoms with Gasteiger partial charge in [0.2, 0.25) is 0 Å². The summed E-state index contributed by atoms with van der Waals surface area (Å²) in [7, 11) is -4.38. The first-order valence-electron chi connectivity index (χ1n) is 4.68. The van der Waals surface area contributed by atoms with Crippen molar-refractivity contribution in [2.45, 2.75) is 18.2 Å². The molecular formula is C11H11NaO4S. The molecule has 0 atom stereocenters. The van der Waals surface area contributed by atoms with Gasteiger partial charge in [0.05, 0.1) is 4.90 Å². The van der Waals surface area contributed by atoms with Crippen LogP contribution in [0.25, 0.3) is 0 Å². The molecule has 0 aliphatic rings. The Balaban J connectivity index is 0.00000256. The Morgan fingerprint density at radius 1 is 1.24 bits per heavy atom. The summed E-state index contributed by atoms with van der Waals surface area (Å²) in [6, 6.07) is 5.28. The third-order valence-corrected chi connectivity index (χ3v) is 2.57. The van der Waals surface area contributed by atoms with Gasteiger partial charge in [0.25, 0.3) is 0 Å². The maximum absolute atomic E-state index is 10.6. The molecule has 0 N–H and O–H groups in total. The first-order chi connectivity index (χ1) is 7.54. The largest absolute Gasteiger partial charge is 1.00 e. The van der Waals surface area contributed by atoms with Gasteiger partial charge in [-0.3, -0.25) is 0 Å². The SMILES string of the molecule is CCC#CCOc1ccc(S(=O)(=O)[O-])cc1.[Na+]. The maximum atomic E-state index is 10.6. The fourth-order valence-electron chi connectivity index (χ4n) is 0.998. The van der Waals surface area contributed by atoms with Gasteiger partial charge >= 0.3 is 29.6 Å². The van der Waals surface area contributed by atoms with E-state index in [2.05, 4.69) is 11.8 Å². The molecule has 86 valence electrons. The van der Waals surface area contributed by atoms with Gasteiger partial charge in [-0.2, -0.15) is 0 Å². The van der Waals surface area contributed by atoms with E-state index in [1.165, 1.54) is 24.3 Å². The first kappa shape index (κ1) is 16.5. The summed E-state index contributed by atoms with van der Waals surface area (Å²) in [5.74, 6) is 6.09. The minimum absolute atomic E-state index is 0. The fraction of sp³-hybridized carbons (Fsp3) is 0.273. The Hall–Kier alpha value is -0.510. The average Bonchev–Trinajstić information content (AvgIpc) is 2.24. The van der Waals surface area contributed by atoms with E-state index in [0.717, 1.165) is 6.42 Å². The second-order valence-electron chi connectivity index (χ2n) is 2.92. The van der Waals surface area contributed by atoms with Crippen LogP contribution in [0, 0.1) is 11.8 Å². The molecule has 4 nitrogen and oxygen atoms in total. The predicted molar refractivity (Wildman–Crippen MR) is 58.0 cm³/mol. The van der Waals surface area contributed by atoms with Crippen LogP contribution in [-0.2, 0) is 10.1 Å². The van der Waals surface area contributed by atoms with Crippen LogP contribution in [0.5, 0.6) is 5.75 Å². The van der Waals surface area contributed by atoms with E-state index in [1.807, 2.05) is 6.92 Å². The van der Waals surface area contributed by atoms with E-state index in [4.69, 9.17) is 4.74 Å². The first-order valence-corrected chi connectivity index (χ1v) is 6.09. The number of ether oxygens (including phenoxy) is 1. The minimum Gasteiger partial charge on any atom is -0.744 e. The molecular weight excluding hydrogens is 251 g/mol.